The smallest absolute Gasteiger partial charge is 0.303 e. The van der Waals surface area contributed by atoms with Gasteiger partial charge in [-0.15, -0.1) is 0 Å². The number of carboxylic acids is 1. The molecule has 0 amide bonds. The zero-order valence-corrected chi connectivity index (χ0v) is 11.8. The minimum absolute atomic E-state index is 0.162. The fourth-order valence-electron chi connectivity index (χ4n) is 2.28. The molecule has 2 rings (SSSR count). The maximum atomic E-state index is 10.6. The molecule has 19 heavy (non-hydrogen) atoms. The number of hydrogen-bond acceptors (Lipinski definition) is 2. The van der Waals surface area contributed by atoms with Gasteiger partial charge in [-0.25, -0.2) is 4.98 Å². The first kappa shape index (κ1) is 13.9. The van der Waals surface area contributed by atoms with E-state index in [1.54, 1.807) is 0 Å². The standard InChI is InChI=1S/C14H17ClN2O2/c1-9(2)17-12(7-4-8-13(18)19)16-11-6-3-5-10(15)14(11)17/h3,5-6,9H,4,7-8H2,1-2H3,(H,18,19). The third-order valence-corrected chi connectivity index (χ3v) is 3.35. The van der Waals surface area contributed by atoms with Crippen molar-refractivity contribution < 1.29 is 9.90 Å². The molecule has 1 aromatic carbocycles. The van der Waals surface area contributed by atoms with Crippen LogP contribution in [0.3, 0.4) is 0 Å². The Bertz CT molecular complexity index is 605. The summed E-state index contributed by atoms with van der Waals surface area (Å²) >= 11 is 6.25. The van der Waals surface area contributed by atoms with E-state index in [2.05, 4.69) is 23.4 Å². The second-order valence-corrected chi connectivity index (χ2v) is 5.25. The number of carboxylic acid groups (broad SMARTS) is 1. The number of aryl methyl sites for hydroxylation is 1. The van der Waals surface area contributed by atoms with Crippen molar-refractivity contribution in [1.82, 2.24) is 9.55 Å². The molecule has 2 aromatic rings. The second kappa shape index (κ2) is 5.61. The molecule has 5 heteroatoms. The molecule has 0 aliphatic heterocycles. The summed E-state index contributed by atoms with van der Waals surface area (Å²) < 4.78 is 2.10. The fraction of sp³-hybridized carbons (Fsp3) is 0.429. The van der Waals surface area contributed by atoms with Gasteiger partial charge >= 0.3 is 5.97 Å². The van der Waals surface area contributed by atoms with Crippen LogP contribution in [0.5, 0.6) is 0 Å². The Morgan fingerprint density at radius 1 is 1.47 bits per heavy atom. The van der Waals surface area contributed by atoms with Crippen molar-refractivity contribution in [3.05, 3.63) is 29.0 Å². The molecular formula is C14H17ClN2O2. The van der Waals surface area contributed by atoms with Crippen molar-refractivity contribution in [3.63, 3.8) is 0 Å². The summed E-state index contributed by atoms with van der Waals surface area (Å²) in [7, 11) is 0. The minimum atomic E-state index is -0.773. The highest BCUT2D eigenvalue weighted by Gasteiger charge is 2.15. The topological polar surface area (TPSA) is 55.1 Å². The van der Waals surface area contributed by atoms with Gasteiger partial charge in [-0.2, -0.15) is 0 Å². The first-order valence-electron chi connectivity index (χ1n) is 6.38. The zero-order valence-electron chi connectivity index (χ0n) is 11.1. The lowest BCUT2D eigenvalue weighted by atomic mass is 10.2. The Labute approximate surface area is 117 Å². The van der Waals surface area contributed by atoms with Gasteiger partial charge in [-0.3, -0.25) is 4.79 Å². The number of nitrogens with zero attached hydrogens (tertiary/aromatic N) is 2. The highest BCUT2D eigenvalue weighted by molar-refractivity contribution is 6.35. The zero-order chi connectivity index (χ0) is 14.0. The molecule has 0 saturated heterocycles. The molecule has 0 atom stereocenters. The van der Waals surface area contributed by atoms with Gasteiger partial charge in [0.05, 0.1) is 16.1 Å². The number of fused-ring (bicyclic) bond motifs is 1. The molecule has 1 aromatic heterocycles. The lowest BCUT2D eigenvalue weighted by Crippen LogP contribution is -2.07. The molecule has 0 bridgehead atoms. The number of rotatable bonds is 5. The Morgan fingerprint density at radius 3 is 2.84 bits per heavy atom. The van der Waals surface area contributed by atoms with Crippen molar-refractivity contribution in [3.8, 4) is 0 Å². The summed E-state index contributed by atoms with van der Waals surface area (Å²) in [4.78, 5) is 15.2. The highest BCUT2D eigenvalue weighted by Crippen LogP contribution is 2.28. The average molecular weight is 281 g/mol. The van der Waals surface area contributed by atoms with E-state index in [1.165, 1.54) is 0 Å². The summed E-state index contributed by atoms with van der Waals surface area (Å²) in [5.74, 6) is 0.129. The van der Waals surface area contributed by atoms with E-state index >= 15 is 0 Å². The number of imidazole rings is 1. The van der Waals surface area contributed by atoms with Crippen molar-refractivity contribution in [1.29, 1.82) is 0 Å². The van der Waals surface area contributed by atoms with E-state index in [1.807, 2.05) is 18.2 Å². The predicted molar refractivity (Wildman–Crippen MR) is 75.7 cm³/mol. The predicted octanol–water partition coefficient (Wildman–Crippen LogP) is 3.68. The number of aliphatic carboxylic acids is 1. The van der Waals surface area contributed by atoms with Crippen LogP contribution in [0.25, 0.3) is 11.0 Å². The van der Waals surface area contributed by atoms with Crippen LogP contribution in [0.2, 0.25) is 5.02 Å². The van der Waals surface area contributed by atoms with E-state index in [9.17, 15) is 4.79 Å². The number of benzene rings is 1. The van der Waals surface area contributed by atoms with Crippen LogP contribution in [0.15, 0.2) is 18.2 Å². The third kappa shape index (κ3) is 2.89. The molecule has 0 radical (unpaired) electrons. The van der Waals surface area contributed by atoms with Crippen LogP contribution >= 0.6 is 11.6 Å². The lowest BCUT2D eigenvalue weighted by molar-refractivity contribution is -0.137. The SMILES string of the molecule is CC(C)n1c(CCCC(=O)O)nc2cccc(Cl)c21. The summed E-state index contributed by atoms with van der Waals surface area (Å²) in [6, 6.07) is 5.90. The number of para-hydroxylation sites is 1. The van der Waals surface area contributed by atoms with Gasteiger partial charge < -0.3 is 9.67 Å². The summed E-state index contributed by atoms with van der Waals surface area (Å²) in [5, 5.41) is 9.39. The van der Waals surface area contributed by atoms with E-state index in [-0.39, 0.29) is 12.5 Å². The van der Waals surface area contributed by atoms with Crippen LogP contribution < -0.4 is 0 Å². The van der Waals surface area contributed by atoms with Crippen molar-refractivity contribution in [2.75, 3.05) is 0 Å². The first-order chi connectivity index (χ1) is 9.00. The molecule has 102 valence electrons. The van der Waals surface area contributed by atoms with Gasteiger partial charge in [0.2, 0.25) is 0 Å². The van der Waals surface area contributed by atoms with E-state index < -0.39 is 5.97 Å². The Hall–Kier alpha value is -1.55. The van der Waals surface area contributed by atoms with Gasteiger partial charge in [0.1, 0.15) is 5.82 Å². The summed E-state index contributed by atoms with van der Waals surface area (Å²) in [6.45, 7) is 4.15. The quantitative estimate of drug-likeness (QED) is 0.909. The first-order valence-corrected chi connectivity index (χ1v) is 6.75. The molecule has 0 aliphatic carbocycles. The molecule has 0 unspecified atom stereocenters. The van der Waals surface area contributed by atoms with Gasteiger partial charge in [-0.05, 0) is 32.4 Å². The lowest BCUT2D eigenvalue weighted by Gasteiger charge is -2.13. The largest absolute Gasteiger partial charge is 0.481 e. The van der Waals surface area contributed by atoms with Crippen LogP contribution in [-0.4, -0.2) is 20.6 Å². The van der Waals surface area contributed by atoms with Crippen molar-refractivity contribution in [2.24, 2.45) is 0 Å². The molecule has 4 nitrogen and oxygen atoms in total. The molecule has 0 fully saturated rings. The Morgan fingerprint density at radius 2 is 2.21 bits per heavy atom. The molecule has 0 aliphatic rings. The number of aromatic nitrogens is 2. The summed E-state index contributed by atoms with van der Waals surface area (Å²) in [6.07, 6.45) is 1.40. The van der Waals surface area contributed by atoms with Crippen LogP contribution in [0.4, 0.5) is 0 Å². The molecule has 1 N–H and O–H groups in total. The van der Waals surface area contributed by atoms with Gasteiger partial charge in [0.25, 0.3) is 0 Å². The number of carbonyl (C=O) groups is 1. The van der Waals surface area contributed by atoms with Crippen LogP contribution in [-0.2, 0) is 11.2 Å². The minimum Gasteiger partial charge on any atom is -0.481 e. The average Bonchev–Trinajstić information content (AvgIpc) is 2.68. The molecule has 0 saturated carbocycles. The molecular weight excluding hydrogens is 264 g/mol. The second-order valence-electron chi connectivity index (χ2n) is 4.85. The van der Waals surface area contributed by atoms with Crippen LogP contribution in [0.1, 0.15) is 38.6 Å². The maximum Gasteiger partial charge on any atom is 0.303 e. The monoisotopic (exact) mass is 280 g/mol. The Kier molecular flexibility index (Phi) is 4.10. The normalized spacial score (nSPS) is 11.4. The van der Waals surface area contributed by atoms with Gasteiger partial charge in [-0.1, -0.05) is 17.7 Å². The van der Waals surface area contributed by atoms with Crippen molar-refractivity contribution >= 4 is 28.6 Å². The molecule has 0 spiro atoms. The van der Waals surface area contributed by atoms with Gasteiger partial charge in [0.15, 0.2) is 0 Å². The van der Waals surface area contributed by atoms with E-state index in [0.29, 0.717) is 17.9 Å². The van der Waals surface area contributed by atoms with Crippen LogP contribution in [0, 0.1) is 0 Å². The maximum absolute atomic E-state index is 10.6. The van der Waals surface area contributed by atoms with Crippen molar-refractivity contribution in [2.45, 2.75) is 39.2 Å². The molecule has 1 heterocycles. The summed E-state index contributed by atoms with van der Waals surface area (Å²) in [5.41, 5.74) is 1.80. The fourth-order valence-corrected chi connectivity index (χ4v) is 2.55. The third-order valence-electron chi connectivity index (χ3n) is 3.04. The Balaban J connectivity index is 2.40. The highest BCUT2D eigenvalue weighted by atomic mass is 35.5. The number of halogens is 1. The van der Waals surface area contributed by atoms with Gasteiger partial charge in [0, 0.05) is 18.9 Å². The van der Waals surface area contributed by atoms with E-state index in [4.69, 9.17) is 16.7 Å². The van der Waals surface area contributed by atoms with E-state index in [0.717, 1.165) is 16.9 Å². The number of hydrogen-bond donors (Lipinski definition) is 1.